The van der Waals surface area contributed by atoms with E-state index < -0.39 is 11.6 Å². The van der Waals surface area contributed by atoms with Crippen molar-refractivity contribution in [3.8, 4) is 11.1 Å². The highest BCUT2D eigenvalue weighted by molar-refractivity contribution is 9.10. The summed E-state index contributed by atoms with van der Waals surface area (Å²) < 4.78 is 30.0. The highest BCUT2D eigenvalue weighted by atomic mass is 79.9. The summed E-state index contributed by atoms with van der Waals surface area (Å²) >= 11 is 3.44. The molecular weight excluding hydrogens is 362 g/mol. The SMILES string of the molecule is Cc1cc(-c2ccc(F)cc2F)cn1Cc1cc(Br)ccc1N. The van der Waals surface area contributed by atoms with Crippen molar-refractivity contribution in [3.05, 3.63) is 76.0 Å². The Hall–Kier alpha value is -2.14. The molecule has 118 valence electrons. The summed E-state index contributed by atoms with van der Waals surface area (Å²) in [6.07, 6.45) is 1.85. The molecule has 1 aromatic heterocycles. The lowest BCUT2D eigenvalue weighted by atomic mass is 10.1. The number of aromatic nitrogens is 1. The van der Waals surface area contributed by atoms with Crippen LogP contribution in [0.3, 0.4) is 0 Å². The van der Waals surface area contributed by atoms with Gasteiger partial charge >= 0.3 is 0 Å². The molecule has 0 unspecified atom stereocenters. The minimum atomic E-state index is -0.579. The van der Waals surface area contributed by atoms with Crippen LogP contribution in [0, 0.1) is 18.6 Å². The van der Waals surface area contributed by atoms with E-state index in [-0.39, 0.29) is 0 Å². The number of hydrogen-bond acceptors (Lipinski definition) is 1. The molecule has 2 N–H and O–H groups in total. The van der Waals surface area contributed by atoms with Crippen LogP contribution in [0.15, 0.2) is 53.1 Å². The van der Waals surface area contributed by atoms with Gasteiger partial charge in [-0.3, -0.25) is 0 Å². The second-order valence-corrected chi connectivity index (χ2v) is 6.38. The third-order valence-corrected chi connectivity index (χ3v) is 4.29. The number of aryl methyl sites for hydroxylation is 1. The summed E-state index contributed by atoms with van der Waals surface area (Å²) in [4.78, 5) is 0. The fourth-order valence-corrected chi connectivity index (χ4v) is 2.96. The quantitative estimate of drug-likeness (QED) is 0.630. The van der Waals surface area contributed by atoms with E-state index in [4.69, 9.17) is 5.73 Å². The Balaban J connectivity index is 1.96. The van der Waals surface area contributed by atoms with Crippen molar-refractivity contribution < 1.29 is 8.78 Å². The minimum Gasteiger partial charge on any atom is -0.398 e. The maximum atomic E-state index is 13.9. The number of anilines is 1. The summed E-state index contributed by atoms with van der Waals surface area (Å²) in [7, 11) is 0. The molecule has 0 aliphatic rings. The van der Waals surface area contributed by atoms with Crippen molar-refractivity contribution in [1.82, 2.24) is 4.57 Å². The molecule has 0 fully saturated rings. The summed E-state index contributed by atoms with van der Waals surface area (Å²) in [6, 6.07) is 11.2. The highest BCUT2D eigenvalue weighted by Gasteiger charge is 2.11. The molecule has 0 aliphatic carbocycles. The van der Waals surface area contributed by atoms with Gasteiger partial charge in [-0.25, -0.2) is 8.78 Å². The van der Waals surface area contributed by atoms with E-state index in [1.807, 2.05) is 42.0 Å². The Kier molecular flexibility index (Phi) is 4.22. The van der Waals surface area contributed by atoms with Crippen LogP contribution >= 0.6 is 15.9 Å². The number of nitrogen functional groups attached to an aromatic ring is 1. The van der Waals surface area contributed by atoms with Gasteiger partial charge in [0.2, 0.25) is 0 Å². The Morgan fingerprint density at radius 1 is 1.09 bits per heavy atom. The Bertz CT molecular complexity index is 871. The Morgan fingerprint density at radius 2 is 1.87 bits per heavy atom. The van der Waals surface area contributed by atoms with Gasteiger partial charge in [0.05, 0.1) is 0 Å². The Morgan fingerprint density at radius 3 is 2.61 bits per heavy atom. The van der Waals surface area contributed by atoms with Crippen LogP contribution in [-0.4, -0.2) is 4.57 Å². The first-order valence-corrected chi connectivity index (χ1v) is 7.89. The van der Waals surface area contributed by atoms with Gasteiger partial charge in [0.15, 0.2) is 0 Å². The fourth-order valence-electron chi connectivity index (χ4n) is 2.55. The van der Waals surface area contributed by atoms with E-state index in [2.05, 4.69) is 15.9 Å². The number of nitrogens with zero attached hydrogens (tertiary/aromatic N) is 1. The third-order valence-electron chi connectivity index (χ3n) is 3.80. The molecule has 0 aliphatic heterocycles. The predicted molar refractivity (Wildman–Crippen MR) is 92.2 cm³/mol. The third kappa shape index (κ3) is 3.29. The van der Waals surface area contributed by atoms with Crippen molar-refractivity contribution in [1.29, 1.82) is 0 Å². The molecule has 3 rings (SSSR count). The maximum Gasteiger partial charge on any atom is 0.133 e. The molecule has 0 spiro atoms. The number of halogens is 3. The Labute approximate surface area is 141 Å². The van der Waals surface area contributed by atoms with Gasteiger partial charge in [0.1, 0.15) is 11.6 Å². The van der Waals surface area contributed by atoms with Crippen molar-refractivity contribution in [2.75, 3.05) is 5.73 Å². The molecule has 5 heteroatoms. The molecule has 2 aromatic carbocycles. The lowest BCUT2D eigenvalue weighted by Crippen LogP contribution is -2.03. The van der Waals surface area contributed by atoms with Crippen LogP contribution in [0.1, 0.15) is 11.3 Å². The largest absolute Gasteiger partial charge is 0.398 e. The number of hydrogen-bond donors (Lipinski definition) is 1. The fraction of sp³-hybridized carbons (Fsp3) is 0.111. The van der Waals surface area contributed by atoms with Gasteiger partial charge in [0, 0.05) is 45.8 Å². The molecule has 0 bridgehead atoms. The highest BCUT2D eigenvalue weighted by Crippen LogP contribution is 2.27. The zero-order chi connectivity index (χ0) is 16.6. The smallest absolute Gasteiger partial charge is 0.133 e. The van der Waals surface area contributed by atoms with Crippen molar-refractivity contribution in [2.24, 2.45) is 0 Å². The molecule has 2 nitrogen and oxygen atoms in total. The zero-order valence-corrected chi connectivity index (χ0v) is 14.1. The first-order valence-electron chi connectivity index (χ1n) is 7.10. The van der Waals surface area contributed by atoms with Gasteiger partial charge in [-0.2, -0.15) is 0 Å². The molecule has 0 amide bonds. The average Bonchev–Trinajstić information content (AvgIpc) is 2.84. The van der Waals surface area contributed by atoms with Crippen LogP contribution in [0.5, 0.6) is 0 Å². The number of rotatable bonds is 3. The van der Waals surface area contributed by atoms with Crippen molar-refractivity contribution >= 4 is 21.6 Å². The zero-order valence-electron chi connectivity index (χ0n) is 12.5. The second-order valence-electron chi connectivity index (χ2n) is 5.47. The van der Waals surface area contributed by atoms with E-state index in [9.17, 15) is 8.78 Å². The predicted octanol–water partition coefficient (Wildman–Crippen LogP) is 5.13. The monoisotopic (exact) mass is 376 g/mol. The molecule has 0 radical (unpaired) electrons. The minimum absolute atomic E-state index is 0.385. The van der Waals surface area contributed by atoms with E-state index in [1.165, 1.54) is 12.1 Å². The molecule has 23 heavy (non-hydrogen) atoms. The van der Waals surface area contributed by atoms with Crippen LogP contribution in [0.25, 0.3) is 11.1 Å². The van der Waals surface area contributed by atoms with Crippen molar-refractivity contribution in [2.45, 2.75) is 13.5 Å². The second kappa shape index (κ2) is 6.16. The molecule has 0 saturated carbocycles. The van der Waals surface area contributed by atoms with Crippen LogP contribution < -0.4 is 5.73 Å². The van der Waals surface area contributed by atoms with Gasteiger partial charge in [0.25, 0.3) is 0 Å². The molecule has 3 aromatic rings. The first kappa shape index (κ1) is 15.7. The lowest BCUT2D eigenvalue weighted by molar-refractivity contribution is 0.585. The number of benzene rings is 2. The molecule has 0 saturated heterocycles. The standard InChI is InChI=1S/C18H15BrF2N2/c1-11-6-12(16-4-3-15(20)8-17(16)21)9-23(11)10-13-7-14(19)2-5-18(13)22/h2-9H,10,22H2,1H3. The molecule has 0 atom stereocenters. The topological polar surface area (TPSA) is 30.9 Å². The van der Waals surface area contributed by atoms with Gasteiger partial charge in [-0.15, -0.1) is 0 Å². The summed E-state index contributed by atoms with van der Waals surface area (Å²) in [5.41, 5.74) is 9.77. The van der Waals surface area contributed by atoms with Gasteiger partial charge in [-0.1, -0.05) is 15.9 Å². The van der Waals surface area contributed by atoms with E-state index in [0.29, 0.717) is 23.4 Å². The lowest BCUT2D eigenvalue weighted by Gasteiger charge is -2.09. The normalized spacial score (nSPS) is 11.0. The van der Waals surface area contributed by atoms with Crippen LogP contribution in [-0.2, 0) is 6.54 Å². The first-order chi connectivity index (χ1) is 10.9. The van der Waals surface area contributed by atoms with Crippen LogP contribution in [0.4, 0.5) is 14.5 Å². The molecular formula is C18H15BrF2N2. The molecule has 1 heterocycles. The van der Waals surface area contributed by atoms with Crippen molar-refractivity contribution in [3.63, 3.8) is 0 Å². The van der Waals surface area contributed by atoms with Crippen LogP contribution in [0.2, 0.25) is 0 Å². The summed E-state index contributed by atoms with van der Waals surface area (Å²) in [5, 5.41) is 0. The maximum absolute atomic E-state index is 13.9. The van der Waals surface area contributed by atoms with E-state index >= 15 is 0 Å². The average molecular weight is 377 g/mol. The van der Waals surface area contributed by atoms with E-state index in [0.717, 1.165) is 21.8 Å². The van der Waals surface area contributed by atoms with E-state index in [1.54, 1.807) is 0 Å². The van der Waals surface area contributed by atoms with Gasteiger partial charge in [-0.05, 0) is 48.9 Å². The van der Waals surface area contributed by atoms with Gasteiger partial charge < -0.3 is 10.3 Å². The number of nitrogens with two attached hydrogens (primary N) is 1. The summed E-state index contributed by atoms with van der Waals surface area (Å²) in [5.74, 6) is -1.14. The summed E-state index contributed by atoms with van der Waals surface area (Å²) in [6.45, 7) is 2.53.